The molecule has 0 aromatic carbocycles. The van der Waals surface area contributed by atoms with Crippen molar-refractivity contribution in [2.75, 3.05) is 0 Å². The number of hydrogen-bond donors (Lipinski definition) is 1. The monoisotopic (exact) mass is 171 g/mol. The summed E-state index contributed by atoms with van der Waals surface area (Å²) >= 11 is 0. The van der Waals surface area contributed by atoms with E-state index in [0.29, 0.717) is 0 Å². The zero-order valence-electron chi connectivity index (χ0n) is 8.05. The second-order valence-electron chi connectivity index (χ2n) is 3.10. The van der Waals surface area contributed by atoms with E-state index in [1.807, 2.05) is 6.92 Å². The zero-order valence-corrected chi connectivity index (χ0v) is 8.05. The number of unbranched alkanes of at least 4 members (excludes halogenated alkanes) is 3. The quantitative estimate of drug-likeness (QED) is 0.472. The fraction of sp³-hybridized carbons (Fsp3) is 0.800. The summed E-state index contributed by atoms with van der Waals surface area (Å²) in [5.41, 5.74) is 0. The Morgan fingerprint density at radius 1 is 1.42 bits per heavy atom. The van der Waals surface area contributed by atoms with Gasteiger partial charge >= 0.3 is 5.97 Å². The van der Waals surface area contributed by atoms with Gasteiger partial charge in [-0.15, -0.1) is 0 Å². The lowest BCUT2D eigenvalue weighted by atomic mass is 9.99. The van der Waals surface area contributed by atoms with Crippen molar-refractivity contribution in [3.63, 3.8) is 0 Å². The van der Waals surface area contributed by atoms with Gasteiger partial charge in [0.2, 0.25) is 0 Å². The van der Waals surface area contributed by atoms with E-state index in [-0.39, 0.29) is 5.92 Å². The molecule has 0 aromatic rings. The molecule has 1 atom stereocenters. The molecule has 0 amide bonds. The van der Waals surface area contributed by atoms with Gasteiger partial charge in [0.1, 0.15) is 0 Å². The molecular weight excluding hydrogens is 152 g/mol. The highest BCUT2D eigenvalue weighted by atomic mass is 16.4. The van der Waals surface area contributed by atoms with Gasteiger partial charge in [-0.2, -0.15) is 12.8 Å². The first-order valence-electron chi connectivity index (χ1n) is 4.76. The number of carboxylic acids is 1. The highest BCUT2D eigenvalue weighted by molar-refractivity contribution is 5.69. The molecule has 0 fully saturated rings. The molecule has 0 saturated carbocycles. The van der Waals surface area contributed by atoms with Crippen LogP contribution in [0.15, 0.2) is 0 Å². The van der Waals surface area contributed by atoms with Gasteiger partial charge in [-0.05, 0) is 6.42 Å². The van der Waals surface area contributed by atoms with E-state index in [1.54, 1.807) is 0 Å². The summed E-state index contributed by atoms with van der Waals surface area (Å²) in [6.07, 6.45) is 6.94. The van der Waals surface area contributed by atoms with Crippen molar-refractivity contribution in [3.05, 3.63) is 6.42 Å². The summed E-state index contributed by atoms with van der Waals surface area (Å²) in [7, 11) is 0. The first-order valence-corrected chi connectivity index (χ1v) is 4.76. The molecule has 0 radical (unpaired) electrons. The highest BCUT2D eigenvalue weighted by Crippen LogP contribution is 2.13. The van der Waals surface area contributed by atoms with Crippen molar-refractivity contribution in [1.82, 2.24) is 0 Å². The fourth-order valence-corrected chi connectivity index (χ4v) is 1.17. The topological polar surface area (TPSA) is 37.3 Å². The molecular formula is C10H19O2-. The number of carboxylic acid groups (broad SMARTS) is 1. The Bertz CT molecular complexity index is 121. The maximum atomic E-state index is 10.6. The molecule has 1 N–H and O–H groups in total. The zero-order chi connectivity index (χ0) is 9.40. The lowest BCUT2D eigenvalue weighted by Gasteiger charge is -2.13. The summed E-state index contributed by atoms with van der Waals surface area (Å²) < 4.78 is 0. The third-order valence-corrected chi connectivity index (χ3v) is 2.05. The lowest BCUT2D eigenvalue weighted by Crippen LogP contribution is -2.12. The maximum Gasteiger partial charge on any atom is 0.306 e. The Hall–Kier alpha value is -0.530. The molecule has 2 heteroatoms. The van der Waals surface area contributed by atoms with Crippen LogP contribution in [0, 0.1) is 12.3 Å². The first-order chi connectivity index (χ1) is 5.72. The van der Waals surface area contributed by atoms with Crippen LogP contribution in [0.5, 0.6) is 0 Å². The summed E-state index contributed by atoms with van der Waals surface area (Å²) in [4.78, 5) is 10.6. The minimum Gasteiger partial charge on any atom is -0.481 e. The normalized spacial score (nSPS) is 12.8. The summed E-state index contributed by atoms with van der Waals surface area (Å²) in [6, 6.07) is 0. The Labute approximate surface area is 75.0 Å². The summed E-state index contributed by atoms with van der Waals surface area (Å²) in [5, 5.41) is 8.72. The predicted octanol–water partition coefficient (Wildman–Crippen LogP) is 2.88. The molecule has 0 aliphatic carbocycles. The van der Waals surface area contributed by atoms with Crippen LogP contribution in [0.2, 0.25) is 0 Å². The van der Waals surface area contributed by atoms with E-state index in [9.17, 15) is 4.79 Å². The molecule has 2 nitrogen and oxygen atoms in total. The number of rotatable bonds is 7. The van der Waals surface area contributed by atoms with Crippen molar-refractivity contribution >= 4 is 5.97 Å². The van der Waals surface area contributed by atoms with Crippen LogP contribution in [-0.2, 0) is 4.79 Å². The number of hydrogen-bond acceptors (Lipinski definition) is 1. The van der Waals surface area contributed by atoms with Crippen LogP contribution >= 0.6 is 0 Å². The molecule has 0 rings (SSSR count). The fourth-order valence-electron chi connectivity index (χ4n) is 1.17. The minimum absolute atomic E-state index is 0.141. The van der Waals surface area contributed by atoms with Gasteiger partial charge in [0.25, 0.3) is 0 Å². The Kier molecular flexibility index (Phi) is 6.82. The Morgan fingerprint density at radius 3 is 2.50 bits per heavy atom. The van der Waals surface area contributed by atoms with Gasteiger partial charge in [0.15, 0.2) is 0 Å². The smallest absolute Gasteiger partial charge is 0.306 e. The molecule has 0 aliphatic rings. The average molecular weight is 171 g/mol. The van der Waals surface area contributed by atoms with E-state index in [0.717, 1.165) is 32.1 Å². The van der Waals surface area contributed by atoms with E-state index >= 15 is 0 Å². The predicted molar refractivity (Wildman–Crippen MR) is 49.9 cm³/mol. The number of carbonyl (C=O) groups is 1. The van der Waals surface area contributed by atoms with E-state index < -0.39 is 5.97 Å². The largest absolute Gasteiger partial charge is 0.481 e. The van der Waals surface area contributed by atoms with Crippen LogP contribution in [0.25, 0.3) is 0 Å². The van der Waals surface area contributed by atoms with Crippen molar-refractivity contribution in [2.24, 2.45) is 5.92 Å². The van der Waals surface area contributed by atoms with Crippen LogP contribution in [-0.4, -0.2) is 11.1 Å². The summed E-state index contributed by atoms with van der Waals surface area (Å²) in [5.74, 6) is -0.791. The molecule has 12 heavy (non-hydrogen) atoms. The van der Waals surface area contributed by atoms with Crippen molar-refractivity contribution in [2.45, 2.75) is 46.0 Å². The number of aliphatic carboxylic acids is 1. The van der Waals surface area contributed by atoms with Gasteiger partial charge in [-0.3, -0.25) is 4.79 Å². The van der Waals surface area contributed by atoms with Gasteiger partial charge in [0.05, 0.1) is 5.92 Å². The minimum atomic E-state index is -0.651. The third-order valence-electron chi connectivity index (χ3n) is 2.05. The molecule has 0 spiro atoms. The third kappa shape index (κ3) is 5.16. The second kappa shape index (κ2) is 7.14. The molecule has 0 aromatic heterocycles. The Morgan fingerprint density at radius 2 is 2.08 bits per heavy atom. The van der Waals surface area contributed by atoms with Crippen LogP contribution in [0.3, 0.4) is 0 Å². The Balaban J connectivity index is 3.38. The first kappa shape index (κ1) is 11.5. The molecule has 0 aliphatic heterocycles. The molecule has 0 heterocycles. The molecule has 0 saturated heterocycles. The van der Waals surface area contributed by atoms with Gasteiger partial charge < -0.3 is 11.5 Å². The van der Waals surface area contributed by atoms with E-state index in [1.165, 1.54) is 0 Å². The van der Waals surface area contributed by atoms with E-state index in [2.05, 4.69) is 13.3 Å². The van der Waals surface area contributed by atoms with Crippen molar-refractivity contribution in [3.8, 4) is 0 Å². The molecule has 0 bridgehead atoms. The highest BCUT2D eigenvalue weighted by Gasteiger charge is 2.11. The molecule has 72 valence electrons. The second-order valence-corrected chi connectivity index (χ2v) is 3.10. The van der Waals surface area contributed by atoms with Crippen LogP contribution < -0.4 is 0 Å². The lowest BCUT2D eigenvalue weighted by molar-refractivity contribution is -0.142. The van der Waals surface area contributed by atoms with Gasteiger partial charge in [-0.25, -0.2) is 0 Å². The van der Waals surface area contributed by atoms with Gasteiger partial charge in [-0.1, -0.05) is 26.7 Å². The average Bonchev–Trinajstić information content (AvgIpc) is 2.04. The van der Waals surface area contributed by atoms with Crippen molar-refractivity contribution in [1.29, 1.82) is 0 Å². The SMILES string of the molecule is CCC[CH-]CCC(CC)C(=O)O. The van der Waals surface area contributed by atoms with Gasteiger partial charge in [0, 0.05) is 0 Å². The van der Waals surface area contributed by atoms with Crippen molar-refractivity contribution < 1.29 is 9.90 Å². The molecule has 1 unspecified atom stereocenters. The van der Waals surface area contributed by atoms with E-state index in [4.69, 9.17) is 5.11 Å². The summed E-state index contributed by atoms with van der Waals surface area (Å²) in [6.45, 7) is 4.06. The standard InChI is InChI=1S/C10H19O2/c1-3-5-6-7-8-9(4-2)10(11)12/h6,9H,3-5,7-8H2,1-2H3,(H,11,12)/q-1. The van der Waals surface area contributed by atoms with Crippen LogP contribution in [0.4, 0.5) is 0 Å². The maximum absolute atomic E-state index is 10.6. The van der Waals surface area contributed by atoms with Crippen LogP contribution in [0.1, 0.15) is 46.0 Å².